The maximum Gasteiger partial charge on any atom is 0.319 e. The van der Waals surface area contributed by atoms with E-state index in [0.717, 1.165) is 24.1 Å². The van der Waals surface area contributed by atoms with Gasteiger partial charge in [0.05, 0.1) is 5.54 Å². The fraction of sp³-hybridized carbons (Fsp3) is 0.300. The van der Waals surface area contributed by atoms with Crippen LogP contribution in [0.4, 0.5) is 10.5 Å². The highest BCUT2D eigenvalue weighted by atomic mass is 35.5. The zero-order valence-corrected chi connectivity index (χ0v) is 8.19. The summed E-state index contributed by atoms with van der Waals surface area (Å²) in [5, 5.41) is 6.37. The predicted octanol–water partition coefficient (Wildman–Crippen LogP) is 2.46. The van der Waals surface area contributed by atoms with Crippen LogP contribution < -0.4 is 10.6 Å². The van der Waals surface area contributed by atoms with Crippen LogP contribution in [-0.2, 0) is 5.54 Å². The van der Waals surface area contributed by atoms with Gasteiger partial charge in [0.1, 0.15) is 0 Å². The van der Waals surface area contributed by atoms with E-state index in [9.17, 15) is 4.79 Å². The highest BCUT2D eigenvalue weighted by molar-refractivity contribution is 6.31. The number of halogens is 1. The molecule has 4 heteroatoms. The van der Waals surface area contributed by atoms with Gasteiger partial charge in [-0.2, -0.15) is 0 Å². The maximum absolute atomic E-state index is 11.3. The first-order chi connectivity index (χ1) is 6.70. The van der Waals surface area contributed by atoms with Crippen LogP contribution in [0, 0.1) is 0 Å². The van der Waals surface area contributed by atoms with E-state index in [2.05, 4.69) is 10.6 Å². The van der Waals surface area contributed by atoms with Crippen LogP contribution in [0.25, 0.3) is 0 Å². The summed E-state index contributed by atoms with van der Waals surface area (Å²) in [5.74, 6) is 0. The molecule has 1 heterocycles. The van der Waals surface area contributed by atoms with Gasteiger partial charge in [-0.3, -0.25) is 0 Å². The van der Waals surface area contributed by atoms with Crippen LogP contribution in [0.3, 0.4) is 0 Å². The van der Waals surface area contributed by atoms with Crippen molar-refractivity contribution in [3.05, 3.63) is 28.8 Å². The number of amides is 2. The average molecular weight is 209 g/mol. The number of hydrogen-bond acceptors (Lipinski definition) is 1. The first-order valence-corrected chi connectivity index (χ1v) is 4.97. The van der Waals surface area contributed by atoms with Crippen molar-refractivity contribution in [1.29, 1.82) is 0 Å². The largest absolute Gasteiger partial charge is 0.328 e. The van der Waals surface area contributed by atoms with Crippen molar-refractivity contribution >= 4 is 23.3 Å². The molecule has 0 radical (unpaired) electrons. The van der Waals surface area contributed by atoms with Crippen molar-refractivity contribution in [2.75, 3.05) is 5.32 Å². The number of nitrogens with one attached hydrogen (secondary N) is 2. The first kappa shape index (κ1) is 8.12. The van der Waals surface area contributed by atoms with Gasteiger partial charge < -0.3 is 10.6 Å². The SMILES string of the molecule is O=C1Nc2cc(Cl)ccc2C2(CC2)N1. The van der Waals surface area contributed by atoms with E-state index < -0.39 is 0 Å². The summed E-state index contributed by atoms with van der Waals surface area (Å²) in [4.78, 5) is 11.3. The Labute approximate surface area is 86.4 Å². The van der Waals surface area contributed by atoms with Crippen LogP contribution in [0.5, 0.6) is 0 Å². The average Bonchev–Trinajstić information content (AvgIpc) is 2.84. The van der Waals surface area contributed by atoms with E-state index in [-0.39, 0.29) is 11.6 Å². The summed E-state index contributed by atoms with van der Waals surface area (Å²) in [5.41, 5.74) is 1.91. The minimum absolute atomic E-state index is 0.0950. The van der Waals surface area contributed by atoms with E-state index in [0.29, 0.717) is 5.02 Å². The number of carbonyl (C=O) groups is 1. The molecule has 3 rings (SSSR count). The molecular weight excluding hydrogens is 200 g/mol. The van der Waals surface area contributed by atoms with Crippen molar-refractivity contribution in [1.82, 2.24) is 5.32 Å². The quantitative estimate of drug-likeness (QED) is 0.676. The second-order valence-corrected chi connectivity index (χ2v) is 4.29. The Hall–Kier alpha value is -1.22. The Morgan fingerprint density at radius 2 is 2.14 bits per heavy atom. The second kappa shape index (κ2) is 2.42. The molecule has 0 saturated heterocycles. The van der Waals surface area contributed by atoms with Gasteiger partial charge >= 0.3 is 6.03 Å². The van der Waals surface area contributed by atoms with Crippen molar-refractivity contribution in [2.45, 2.75) is 18.4 Å². The first-order valence-electron chi connectivity index (χ1n) is 4.59. The Morgan fingerprint density at radius 1 is 1.36 bits per heavy atom. The summed E-state index contributed by atoms with van der Waals surface area (Å²) >= 11 is 5.87. The van der Waals surface area contributed by atoms with Crippen LogP contribution in [-0.4, -0.2) is 6.03 Å². The number of benzene rings is 1. The fourth-order valence-corrected chi connectivity index (χ4v) is 2.17. The second-order valence-electron chi connectivity index (χ2n) is 3.85. The number of rotatable bonds is 0. The molecule has 0 bridgehead atoms. The molecule has 2 aliphatic rings. The number of carbonyl (C=O) groups excluding carboxylic acids is 1. The molecule has 0 aromatic heterocycles. The predicted molar refractivity (Wildman–Crippen MR) is 54.5 cm³/mol. The molecule has 72 valence electrons. The zero-order valence-electron chi connectivity index (χ0n) is 7.43. The van der Waals surface area contributed by atoms with Gasteiger partial charge in [-0.05, 0) is 25.0 Å². The van der Waals surface area contributed by atoms with E-state index in [4.69, 9.17) is 11.6 Å². The van der Waals surface area contributed by atoms with Crippen LogP contribution >= 0.6 is 11.6 Å². The molecule has 0 unspecified atom stereocenters. The summed E-state index contributed by atoms with van der Waals surface area (Å²) < 4.78 is 0. The molecule has 14 heavy (non-hydrogen) atoms. The maximum atomic E-state index is 11.3. The highest BCUT2D eigenvalue weighted by Gasteiger charge is 2.49. The van der Waals surface area contributed by atoms with Gasteiger partial charge in [-0.15, -0.1) is 0 Å². The minimum Gasteiger partial charge on any atom is -0.328 e. The van der Waals surface area contributed by atoms with E-state index >= 15 is 0 Å². The van der Waals surface area contributed by atoms with Gasteiger partial charge in [0.25, 0.3) is 0 Å². The lowest BCUT2D eigenvalue weighted by Gasteiger charge is -2.27. The zero-order chi connectivity index (χ0) is 9.76. The molecule has 3 nitrogen and oxygen atoms in total. The number of hydrogen-bond donors (Lipinski definition) is 2. The van der Waals surface area contributed by atoms with Crippen molar-refractivity contribution in [3.63, 3.8) is 0 Å². The van der Waals surface area contributed by atoms with Gasteiger partial charge in [-0.25, -0.2) is 4.79 Å². The van der Waals surface area contributed by atoms with Gasteiger partial charge in [0.15, 0.2) is 0 Å². The number of urea groups is 1. The molecule has 1 saturated carbocycles. The Bertz CT molecular complexity index is 426. The van der Waals surface area contributed by atoms with Crippen LogP contribution in [0.15, 0.2) is 18.2 Å². The molecule has 1 fully saturated rings. The molecule has 1 aromatic rings. The standard InChI is InChI=1S/C10H9ClN2O/c11-6-1-2-7-8(5-6)12-9(14)13-10(7)3-4-10/h1-2,5H,3-4H2,(H2,12,13,14). The van der Waals surface area contributed by atoms with E-state index in [1.165, 1.54) is 0 Å². The monoisotopic (exact) mass is 208 g/mol. The molecule has 0 atom stereocenters. The van der Waals surface area contributed by atoms with Crippen molar-refractivity contribution < 1.29 is 4.79 Å². The number of anilines is 1. The molecule has 1 spiro atoms. The van der Waals surface area contributed by atoms with Gasteiger partial charge in [0.2, 0.25) is 0 Å². The molecule has 1 aliphatic carbocycles. The van der Waals surface area contributed by atoms with E-state index in [1.54, 1.807) is 6.07 Å². The summed E-state index contributed by atoms with van der Waals surface area (Å²) in [6, 6.07) is 5.52. The van der Waals surface area contributed by atoms with Gasteiger partial charge in [0, 0.05) is 16.3 Å². The molecule has 1 aromatic carbocycles. The van der Waals surface area contributed by atoms with Crippen molar-refractivity contribution in [3.8, 4) is 0 Å². The molecule has 1 aliphatic heterocycles. The highest BCUT2D eigenvalue weighted by Crippen LogP contribution is 2.50. The lowest BCUT2D eigenvalue weighted by molar-refractivity contribution is 0.246. The molecular formula is C10H9ClN2O. The van der Waals surface area contributed by atoms with Gasteiger partial charge in [-0.1, -0.05) is 17.7 Å². The van der Waals surface area contributed by atoms with E-state index in [1.807, 2.05) is 12.1 Å². The summed E-state index contributed by atoms with van der Waals surface area (Å²) in [7, 11) is 0. The third kappa shape index (κ3) is 1.02. The normalized spacial score (nSPS) is 21.1. The Kier molecular flexibility index (Phi) is 1.40. The van der Waals surface area contributed by atoms with Crippen molar-refractivity contribution in [2.24, 2.45) is 0 Å². The third-order valence-corrected chi connectivity index (χ3v) is 3.08. The Morgan fingerprint density at radius 3 is 2.86 bits per heavy atom. The summed E-state index contributed by atoms with van der Waals surface area (Å²) in [6.45, 7) is 0. The smallest absolute Gasteiger partial charge is 0.319 e. The minimum atomic E-state index is -0.128. The summed E-state index contributed by atoms with van der Waals surface area (Å²) in [6.07, 6.45) is 2.05. The topological polar surface area (TPSA) is 41.1 Å². The lowest BCUT2D eigenvalue weighted by atomic mass is 10.0. The molecule has 2 N–H and O–H groups in total. The fourth-order valence-electron chi connectivity index (χ4n) is 1.99. The number of fused-ring (bicyclic) bond motifs is 2. The third-order valence-electron chi connectivity index (χ3n) is 2.85. The Balaban J connectivity index is 2.17. The lowest BCUT2D eigenvalue weighted by Crippen LogP contribution is -2.42. The van der Waals surface area contributed by atoms with Crippen LogP contribution in [0.1, 0.15) is 18.4 Å². The van der Waals surface area contributed by atoms with Crippen LogP contribution in [0.2, 0.25) is 5.02 Å². The molecule has 2 amide bonds.